The molecular formula is C19H23N5O2. The molecule has 0 saturated carbocycles. The molecule has 0 amide bonds. The molecule has 0 aliphatic carbocycles. The summed E-state index contributed by atoms with van der Waals surface area (Å²) in [6.45, 7) is 0.554. The van der Waals surface area contributed by atoms with Crippen molar-refractivity contribution in [3.8, 4) is 11.5 Å². The number of nitrogens with zero attached hydrogens (tertiary/aromatic N) is 3. The van der Waals surface area contributed by atoms with Crippen molar-refractivity contribution in [2.45, 2.75) is 6.54 Å². The highest BCUT2D eigenvalue weighted by atomic mass is 16.5. The van der Waals surface area contributed by atoms with Crippen molar-refractivity contribution in [2.24, 2.45) is 12.0 Å². The van der Waals surface area contributed by atoms with Crippen LogP contribution in [0.2, 0.25) is 0 Å². The van der Waals surface area contributed by atoms with Gasteiger partial charge in [0.05, 0.1) is 31.8 Å². The summed E-state index contributed by atoms with van der Waals surface area (Å²) in [5.74, 6) is 2.91. The summed E-state index contributed by atoms with van der Waals surface area (Å²) in [5.41, 5.74) is 2.93. The summed E-state index contributed by atoms with van der Waals surface area (Å²) >= 11 is 0. The fourth-order valence-corrected chi connectivity index (χ4v) is 2.75. The fourth-order valence-electron chi connectivity index (χ4n) is 2.75. The van der Waals surface area contributed by atoms with E-state index in [1.165, 1.54) is 0 Å². The number of guanidine groups is 1. The van der Waals surface area contributed by atoms with Crippen LogP contribution in [-0.2, 0) is 13.6 Å². The second-order valence-corrected chi connectivity index (χ2v) is 5.70. The first-order valence-corrected chi connectivity index (χ1v) is 8.26. The van der Waals surface area contributed by atoms with Crippen LogP contribution in [0.25, 0.3) is 11.0 Å². The number of benzene rings is 2. The monoisotopic (exact) mass is 353 g/mol. The molecule has 0 aliphatic heterocycles. The molecule has 2 aromatic carbocycles. The highest BCUT2D eigenvalue weighted by Crippen LogP contribution is 2.29. The number of aromatic nitrogens is 2. The lowest BCUT2D eigenvalue weighted by Crippen LogP contribution is -2.31. The van der Waals surface area contributed by atoms with Crippen molar-refractivity contribution in [3.63, 3.8) is 0 Å². The highest BCUT2D eigenvalue weighted by molar-refractivity contribution is 5.93. The fraction of sp³-hybridized carbons (Fsp3) is 0.263. The third-order valence-electron chi connectivity index (χ3n) is 4.16. The lowest BCUT2D eigenvalue weighted by Gasteiger charge is -2.14. The van der Waals surface area contributed by atoms with E-state index in [9.17, 15) is 0 Å². The molecule has 136 valence electrons. The van der Waals surface area contributed by atoms with Gasteiger partial charge in [0.2, 0.25) is 0 Å². The molecule has 7 heteroatoms. The molecule has 0 saturated heterocycles. The van der Waals surface area contributed by atoms with Crippen LogP contribution < -0.4 is 20.1 Å². The van der Waals surface area contributed by atoms with Gasteiger partial charge in [-0.2, -0.15) is 0 Å². The Hall–Kier alpha value is -3.22. The van der Waals surface area contributed by atoms with Gasteiger partial charge in [0.1, 0.15) is 5.82 Å². The minimum absolute atomic E-state index is 0.554. The molecular weight excluding hydrogens is 330 g/mol. The number of nitrogens with one attached hydrogen (secondary N) is 2. The minimum Gasteiger partial charge on any atom is -0.493 e. The first-order valence-electron chi connectivity index (χ1n) is 8.26. The van der Waals surface area contributed by atoms with E-state index in [0.29, 0.717) is 24.0 Å². The Bertz CT molecular complexity index is 933. The highest BCUT2D eigenvalue weighted by Gasteiger charge is 2.09. The maximum absolute atomic E-state index is 5.33. The molecule has 26 heavy (non-hydrogen) atoms. The lowest BCUT2D eigenvalue weighted by atomic mass is 10.3. The van der Waals surface area contributed by atoms with E-state index in [-0.39, 0.29) is 0 Å². The maximum Gasteiger partial charge on any atom is 0.195 e. The van der Waals surface area contributed by atoms with E-state index >= 15 is 0 Å². The topological polar surface area (TPSA) is 72.7 Å². The zero-order valence-corrected chi connectivity index (χ0v) is 15.4. The van der Waals surface area contributed by atoms with Crippen LogP contribution in [-0.4, -0.2) is 36.8 Å². The van der Waals surface area contributed by atoms with Gasteiger partial charge in [0.15, 0.2) is 17.5 Å². The van der Waals surface area contributed by atoms with E-state index in [0.717, 1.165) is 22.5 Å². The SMILES string of the molecule is CN=C(NCc1nc2ccccc2n1C)Nc1ccc(OC)c(OC)c1. The quantitative estimate of drug-likeness (QED) is 0.545. The first-order chi connectivity index (χ1) is 12.7. The standard InChI is InChI=1S/C19H23N5O2/c1-20-19(22-13-9-10-16(25-3)17(11-13)26-4)21-12-18-23-14-7-5-6-8-15(14)24(18)2/h5-11H,12H2,1-4H3,(H2,20,21,22). The van der Waals surface area contributed by atoms with E-state index < -0.39 is 0 Å². The number of ether oxygens (including phenoxy) is 2. The maximum atomic E-state index is 5.33. The smallest absolute Gasteiger partial charge is 0.195 e. The Morgan fingerprint density at radius 1 is 1.12 bits per heavy atom. The Labute approximate surface area is 152 Å². The largest absolute Gasteiger partial charge is 0.493 e. The molecule has 0 aliphatic rings. The van der Waals surface area contributed by atoms with Gasteiger partial charge in [-0.3, -0.25) is 4.99 Å². The summed E-state index contributed by atoms with van der Waals surface area (Å²) in [5, 5.41) is 6.53. The lowest BCUT2D eigenvalue weighted by molar-refractivity contribution is 0.355. The Morgan fingerprint density at radius 2 is 1.88 bits per heavy atom. The van der Waals surface area contributed by atoms with Crippen LogP contribution in [0, 0.1) is 0 Å². The number of para-hydroxylation sites is 2. The number of methoxy groups -OCH3 is 2. The van der Waals surface area contributed by atoms with Crippen LogP contribution in [0.1, 0.15) is 5.82 Å². The molecule has 1 aromatic heterocycles. The van der Waals surface area contributed by atoms with Crippen LogP contribution in [0.4, 0.5) is 5.69 Å². The summed E-state index contributed by atoms with van der Waals surface area (Å²) in [7, 11) is 6.96. The summed E-state index contributed by atoms with van der Waals surface area (Å²) in [4.78, 5) is 8.92. The van der Waals surface area contributed by atoms with Crippen molar-refractivity contribution in [1.82, 2.24) is 14.9 Å². The average molecular weight is 353 g/mol. The molecule has 0 radical (unpaired) electrons. The molecule has 7 nitrogen and oxygen atoms in total. The molecule has 0 bridgehead atoms. The van der Waals surface area contributed by atoms with Gasteiger partial charge in [0.25, 0.3) is 0 Å². The molecule has 1 heterocycles. The van der Waals surface area contributed by atoms with Crippen LogP contribution >= 0.6 is 0 Å². The number of rotatable bonds is 5. The molecule has 0 unspecified atom stereocenters. The molecule has 3 rings (SSSR count). The minimum atomic E-state index is 0.554. The predicted octanol–water partition coefficient (Wildman–Crippen LogP) is 2.78. The van der Waals surface area contributed by atoms with Crippen molar-refractivity contribution in [1.29, 1.82) is 0 Å². The summed E-state index contributed by atoms with van der Waals surface area (Å²) in [6.07, 6.45) is 0. The van der Waals surface area contributed by atoms with Crippen molar-refractivity contribution >= 4 is 22.7 Å². The van der Waals surface area contributed by atoms with Gasteiger partial charge in [-0.15, -0.1) is 0 Å². The van der Waals surface area contributed by atoms with Gasteiger partial charge >= 0.3 is 0 Å². The zero-order chi connectivity index (χ0) is 18.5. The Balaban J connectivity index is 1.71. The number of aliphatic imine (C=N–C) groups is 1. The normalized spacial score (nSPS) is 11.5. The van der Waals surface area contributed by atoms with Crippen LogP contribution in [0.15, 0.2) is 47.5 Å². The van der Waals surface area contributed by atoms with Crippen molar-refractivity contribution in [3.05, 3.63) is 48.3 Å². The molecule has 0 atom stereocenters. The number of fused-ring (bicyclic) bond motifs is 1. The van der Waals surface area contributed by atoms with Crippen molar-refractivity contribution in [2.75, 3.05) is 26.6 Å². The van der Waals surface area contributed by atoms with E-state index in [2.05, 4.69) is 31.2 Å². The van der Waals surface area contributed by atoms with Gasteiger partial charge in [0, 0.05) is 25.8 Å². The zero-order valence-electron chi connectivity index (χ0n) is 15.4. The number of hydrogen-bond acceptors (Lipinski definition) is 4. The van der Waals surface area contributed by atoms with Gasteiger partial charge < -0.3 is 24.7 Å². The number of aryl methyl sites for hydroxylation is 1. The second kappa shape index (κ2) is 7.77. The third kappa shape index (κ3) is 3.56. The molecule has 2 N–H and O–H groups in total. The molecule has 3 aromatic rings. The van der Waals surface area contributed by atoms with Gasteiger partial charge in [-0.1, -0.05) is 12.1 Å². The molecule has 0 spiro atoms. The summed E-state index contributed by atoms with van der Waals surface area (Å²) in [6, 6.07) is 13.7. The number of anilines is 1. The van der Waals surface area contributed by atoms with E-state index in [1.54, 1.807) is 21.3 Å². The van der Waals surface area contributed by atoms with E-state index in [4.69, 9.17) is 9.47 Å². The Morgan fingerprint density at radius 3 is 2.58 bits per heavy atom. The number of imidazole rings is 1. The molecule has 0 fully saturated rings. The first kappa shape index (κ1) is 17.6. The predicted molar refractivity (Wildman–Crippen MR) is 104 cm³/mol. The second-order valence-electron chi connectivity index (χ2n) is 5.70. The third-order valence-corrected chi connectivity index (χ3v) is 4.16. The Kier molecular flexibility index (Phi) is 5.26. The van der Waals surface area contributed by atoms with Gasteiger partial charge in [-0.05, 0) is 24.3 Å². The average Bonchev–Trinajstić information content (AvgIpc) is 3.01. The summed E-state index contributed by atoms with van der Waals surface area (Å²) < 4.78 is 12.7. The van der Waals surface area contributed by atoms with E-state index in [1.807, 2.05) is 43.4 Å². The van der Waals surface area contributed by atoms with Gasteiger partial charge in [-0.25, -0.2) is 4.98 Å². The number of hydrogen-bond donors (Lipinski definition) is 2. The van der Waals surface area contributed by atoms with Crippen LogP contribution in [0.3, 0.4) is 0 Å². The van der Waals surface area contributed by atoms with Crippen LogP contribution in [0.5, 0.6) is 11.5 Å². The van der Waals surface area contributed by atoms with Crippen molar-refractivity contribution < 1.29 is 9.47 Å².